The molecule has 7 heteroatoms. The van der Waals surface area contributed by atoms with Gasteiger partial charge in [0.25, 0.3) is 6.43 Å². The van der Waals surface area contributed by atoms with Gasteiger partial charge in [-0.1, -0.05) is 0 Å². The van der Waals surface area contributed by atoms with E-state index in [9.17, 15) is 13.6 Å². The highest BCUT2D eigenvalue weighted by atomic mass is 79.9. The maximum absolute atomic E-state index is 13.0. The zero-order valence-corrected chi connectivity index (χ0v) is 12.7. The molecular formula is C13H13BrF2N2O2. The Bertz CT molecular complexity index is 662. The molecule has 0 aliphatic rings. The minimum Gasteiger partial charge on any atom is -0.443 e. The molecule has 0 fully saturated rings. The van der Waals surface area contributed by atoms with Gasteiger partial charge < -0.3 is 4.74 Å². The summed E-state index contributed by atoms with van der Waals surface area (Å²) in [5, 5.41) is 0.271. The Kier molecular flexibility index (Phi) is 3.82. The largest absolute Gasteiger partial charge is 0.443 e. The minimum absolute atomic E-state index is 0.228. The van der Waals surface area contributed by atoms with Crippen LogP contribution in [-0.2, 0) is 4.74 Å². The Morgan fingerprint density at radius 1 is 1.45 bits per heavy atom. The summed E-state index contributed by atoms with van der Waals surface area (Å²) in [6.45, 7) is 5.12. The predicted molar refractivity (Wildman–Crippen MR) is 74.0 cm³/mol. The number of hydrogen-bond acceptors (Lipinski definition) is 3. The van der Waals surface area contributed by atoms with Gasteiger partial charge in [-0.25, -0.2) is 18.6 Å². The van der Waals surface area contributed by atoms with Crippen LogP contribution >= 0.6 is 15.9 Å². The minimum atomic E-state index is -2.68. The topological polar surface area (TPSA) is 44.1 Å². The van der Waals surface area contributed by atoms with E-state index in [2.05, 4.69) is 20.9 Å². The van der Waals surface area contributed by atoms with Crippen molar-refractivity contribution in [1.82, 2.24) is 9.55 Å². The number of carbonyl (C=O) groups is 1. The Balaban J connectivity index is 2.57. The zero-order chi connectivity index (χ0) is 15.1. The molecule has 0 aromatic carbocycles. The van der Waals surface area contributed by atoms with Crippen molar-refractivity contribution in [2.75, 3.05) is 0 Å². The van der Waals surface area contributed by atoms with Crippen molar-refractivity contribution in [2.45, 2.75) is 32.8 Å². The summed E-state index contributed by atoms with van der Waals surface area (Å²) in [4.78, 5) is 16.0. The van der Waals surface area contributed by atoms with Crippen LogP contribution in [0.2, 0.25) is 0 Å². The van der Waals surface area contributed by atoms with Gasteiger partial charge in [0.2, 0.25) is 0 Å². The normalized spacial score (nSPS) is 12.2. The highest BCUT2D eigenvalue weighted by Gasteiger charge is 2.23. The number of rotatable bonds is 1. The lowest BCUT2D eigenvalue weighted by Gasteiger charge is -2.19. The molecule has 4 nitrogen and oxygen atoms in total. The number of hydrogen-bond donors (Lipinski definition) is 0. The number of halogens is 3. The fraction of sp³-hybridized carbons (Fsp3) is 0.385. The van der Waals surface area contributed by atoms with Gasteiger partial charge in [-0.3, -0.25) is 4.57 Å². The van der Waals surface area contributed by atoms with E-state index in [1.165, 1.54) is 12.3 Å². The third-order valence-corrected chi connectivity index (χ3v) is 2.95. The van der Waals surface area contributed by atoms with E-state index in [-0.39, 0.29) is 16.5 Å². The van der Waals surface area contributed by atoms with E-state index < -0.39 is 18.1 Å². The molecule has 108 valence electrons. The van der Waals surface area contributed by atoms with Crippen LogP contribution < -0.4 is 0 Å². The van der Waals surface area contributed by atoms with Crippen molar-refractivity contribution in [1.29, 1.82) is 0 Å². The van der Waals surface area contributed by atoms with E-state index >= 15 is 0 Å². The molecule has 20 heavy (non-hydrogen) atoms. The van der Waals surface area contributed by atoms with Gasteiger partial charge >= 0.3 is 6.09 Å². The zero-order valence-electron chi connectivity index (χ0n) is 11.2. The second-order valence-electron chi connectivity index (χ2n) is 5.26. The molecule has 0 saturated carbocycles. The van der Waals surface area contributed by atoms with Gasteiger partial charge in [-0.05, 0) is 42.8 Å². The fourth-order valence-electron chi connectivity index (χ4n) is 1.76. The van der Waals surface area contributed by atoms with Crippen molar-refractivity contribution in [3.63, 3.8) is 0 Å². The number of fused-ring (bicyclic) bond motifs is 1. The van der Waals surface area contributed by atoms with Crippen molar-refractivity contribution in [3.05, 3.63) is 28.6 Å². The van der Waals surface area contributed by atoms with Crippen molar-refractivity contribution in [3.8, 4) is 0 Å². The van der Waals surface area contributed by atoms with Crippen molar-refractivity contribution >= 4 is 32.9 Å². The summed E-state index contributed by atoms with van der Waals surface area (Å²) in [6, 6.07) is 1.46. The van der Waals surface area contributed by atoms with Crippen LogP contribution in [0.4, 0.5) is 13.6 Å². The Labute approximate surface area is 122 Å². The standard InChI is InChI=1S/C13H13BrF2N2O2/c1-13(2,3)20-12(19)18-6-8(11(15)16)7-4-10(14)17-5-9(7)18/h4-6,11H,1-3H3. The molecule has 2 rings (SSSR count). The van der Waals surface area contributed by atoms with Crippen molar-refractivity contribution < 1.29 is 18.3 Å². The molecule has 2 aromatic heterocycles. The predicted octanol–water partition coefficient (Wildman–Crippen LogP) is 4.52. The second-order valence-corrected chi connectivity index (χ2v) is 6.07. The van der Waals surface area contributed by atoms with Crippen LogP contribution in [0.1, 0.15) is 32.8 Å². The van der Waals surface area contributed by atoms with Gasteiger partial charge in [-0.15, -0.1) is 0 Å². The summed E-state index contributed by atoms with van der Waals surface area (Å²) in [7, 11) is 0. The first-order chi connectivity index (χ1) is 9.19. The molecule has 2 heterocycles. The average molecular weight is 347 g/mol. The Hall–Kier alpha value is -1.50. The average Bonchev–Trinajstić information content (AvgIpc) is 2.65. The summed E-state index contributed by atoms with van der Waals surface area (Å²) < 4.78 is 32.8. The number of nitrogens with zero attached hydrogens (tertiary/aromatic N) is 2. The first-order valence-corrected chi connectivity index (χ1v) is 6.66. The van der Waals surface area contributed by atoms with Crippen LogP contribution in [0.5, 0.6) is 0 Å². The lowest BCUT2D eigenvalue weighted by Crippen LogP contribution is -2.26. The van der Waals surface area contributed by atoms with Crippen LogP contribution in [-0.4, -0.2) is 21.2 Å². The van der Waals surface area contributed by atoms with Gasteiger partial charge in [0.15, 0.2) is 0 Å². The number of aromatic nitrogens is 2. The lowest BCUT2D eigenvalue weighted by atomic mass is 10.2. The molecule has 2 aromatic rings. The molecule has 0 spiro atoms. The molecule has 0 N–H and O–H groups in total. The maximum atomic E-state index is 13.0. The molecule has 0 amide bonds. The molecule has 0 unspecified atom stereocenters. The number of pyridine rings is 1. The van der Waals surface area contributed by atoms with E-state index in [1.807, 2.05) is 0 Å². The van der Waals surface area contributed by atoms with E-state index in [0.717, 1.165) is 10.8 Å². The van der Waals surface area contributed by atoms with E-state index in [0.29, 0.717) is 4.60 Å². The van der Waals surface area contributed by atoms with Crippen LogP contribution in [0.25, 0.3) is 10.9 Å². The van der Waals surface area contributed by atoms with Crippen LogP contribution in [0, 0.1) is 0 Å². The second kappa shape index (κ2) is 5.12. The number of alkyl halides is 2. The third-order valence-electron chi connectivity index (χ3n) is 2.51. The lowest BCUT2D eigenvalue weighted by molar-refractivity contribution is 0.0543. The number of ether oxygens (including phenoxy) is 1. The highest BCUT2D eigenvalue weighted by Crippen LogP contribution is 2.31. The number of carbonyl (C=O) groups excluding carboxylic acids is 1. The summed E-state index contributed by atoms with van der Waals surface area (Å²) in [6.07, 6.45) is -0.943. The molecule has 0 saturated heterocycles. The smallest absolute Gasteiger partial charge is 0.419 e. The van der Waals surface area contributed by atoms with E-state index in [4.69, 9.17) is 4.74 Å². The monoisotopic (exact) mass is 346 g/mol. The fourth-order valence-corrected chi connectivity index (χ4v) is 2.09. The van der Waals surface area contributed by atoms with Gasteiger partial charge in [-0.2, -0.15) is 0 Å². The Morgan fingerprint density at radius 3 is 2.65 bits per heavy atom. The molecular weight excluding hydrogens is 334 g/mol. The molecule has 0 atom stereocenters. The molecule has 0 aliphatic heterocycles. The van der Waals surface area contributed by atoms with Crippen LogP contribution in [0.3, 0.4) is 0 Å². The highest BCUT2D eigenvalue weighted by molar-refractivity contribution is 9.10. The third kappa shape index (κ3) is 2.98. The molecule has 0 radical (unpaired) electrons. The van der Waals surface area contributed by atoms with Crippen LogP contribution in [0.15, 0.2) is 23.1 Å². The first kappa shape index (κ1) is 14.9. The van der Waals surface area contributed by atoms with Crippen molar-refractivity contribution in [2.24, 2.45) is 0 Å². The molecule has 0 bridgehead atoms. The van der Waals surface area contributed by atoms with Gasteiger partial charge in [0.1, 0.15) is 10.2 Å². The summed E-state index contributed by atoms with van der Waals surface area (Å²) in [5.41, 5.74) is -0.645. The first-order valence-electron chi connectivity index (χ1n) is 5.87. The van der Waals surface area contributed by atoms with Gasteiger partial charge in [0, 0.05) is 17.1 Å². The maximum Gasteiger partial charge on any atom is 0.419 e. The van der Waals surface area contributed by atoms with Gasteiger partial charge in [0.05, 0.1) is 11.7 Å². The van der Waals surface area contributed by atoms with E-state index in [1.54, 1.807) is 20.8 Å². The molecule has 0 aliphatic carbocycles. The summed E-state index contributed by atoms with van der Waals surface area (Å²) in [5.74, 6) is 0. The quantitative estimate of drug-likeness (QED) is 0.713. The SMILES string of the molecule is CC(C)(C)OC(=O)n1cc(C(F)F)c2cc(Br)ncc21. The summed E-state index contributed by atoms with van der Waals surface area (Å²) >= 11 is 3.13. The Morgan fingerprint density at radius 2 is 2.10 bits per heavy atom.